The van der Waals surface area contributed by atoms with E-state index in [0.29, 0.717) is 0 Å². The third-order valence-corrected chi connectivity index (χ3v) is 1.91. The van der Waals surface area contributed by atoms with Crippen LogP contribution < -0.4 is 0 Å². The molecule has 4 nitrogen and oxygen atoms in total. The Balaban J connectivity index is 2.52. The molecule has 2 heterocycles. The maximum Gasteiger partial charge on any atom is 0.352 e. The van der Waals surface area contributed by atoms with Gasteiger partial charge in [-0.15, -0.1) is 0 Å². The molecule has 0 saturated carbocycles. The number of rotatable bonds is 2. The van der Waals surface area contributed by atoms with Crippen molar-refractivity contribution < 1.29 is 9.90 Å². The molecule has 0 aliphatic carbocycles. The molecule has 0 aliphatic heterocycles. The minimum atomic E-state index is -0.938. The third-order valence-electron chi connectivity index (χ3n) is 1.91. The lowest BCUT2D eigenvalue weighted by Gasteiger charge is -2.04. The van der Waals surface area contributed by atoms with Crippen LogP contribution in [0.15, 0.2) is 42.9 Å². The average Bonchev–Trinajstić information content (AvgIpc) is 2.67. The van der Waals surface area contributed by atoms with Crippen molar-refractivity contribution in [2.45, 2.75) is 0 Å². The van der Waals surface area contributed by atoms with Gasteiger partial charge in [-0.3, -0.25) is 4.98 Å². The zero-order valence-corrected chi connectivity index (χ0v) is 7.29. The van der Waals surface area contributed by atoms with Gasteiger partial charge < -0.3 is 9.67 Å². The van der Waals surface area contributed by atoms with Gasteiger partial charge in [0.2, 0.25) is 0 Å². The maximum atomic E-state index is 10.8. The number of pyridine rings is 1. The molecule has 14 heavy (non-hydrogen) atoms. The first-order valence-electron chi connectivity index (χ1n) is 4.10. The van der Waals surface area contributed by atoms with Crippen LogP contribution in [0.3, 0.4) is 0 Å². The Morgan fingerprint density at radius 2 is 2.00 bits per heavy atom. The zero-order valence-electron chi connectivity index (χ0n) is 7.29. The highest BCUT2D eigenvalue weighted by Gasteiger charge is 2.08. The predicted molar refractivity (Wildman–Crippen MR) is 50.5 cm³/mol. The van der Waals surface area contributed by atoms with Crippen molar-refractivity contribution in [2.24, 2.45) is 0 Å². The zero-order chi connectivity index (χ0) is 9.97. The highest BCUT2D eigenvalue weighted by atomic mass is 16.4. The van der Waals surface area contributed by atoms with Crippen molar-refractivity contribution in [3.05, 3.63) is 48.5 Å². The number of aromatic carboxylic acids is 1. The Bertz CT molecular complexity index is 448. The van der Waals surface area contributed by atoms with Crippen LogP contribution in [-0.4, -0.2) is 20.6 Å². The quantitative estimate of drug-likeness (QED) is 0.778. The minimum absolute atomic E-state index is 0.246. The monoisotopic (exact) mass is 188 g/mol. The topological polar surface area (TPSA) is 55.1 Å². The van der Waals surface area contributed by atoms with E-state index in [1.165, 1.54) is 0 Å². The van der Waals surface area contributed by atoms with E-state index in [1.807, 2.05) is 0 Å². The number of aromatic nitrogens is 2. The fourth-order valence-electron chi connectivity index (χ4n) is 1.28. The van der Waals surface area contributed by atoms with Gasteiger partial charge in [0, 0.05) is 24.3 Å². The molecular weight excluding hydrogens is 180 g/mol. The van der Waals surface area contributed by atoms with E-state index in [0.717, 1.165) is 5.69 Å². The molecule has 0 aromatic carbocycles. The van der Waals surface area contributed by atoms with Crippen LogP contribution in [0.1, 0.15) is 10.5 Å². The van der Waals surface area contributed by atoms with Crippen LogP contribution in [0.4, 0.5) is 0 Å². The molecule has 0 aliphatic rings. The van der Waals surface area contributed by atoms with Crippen molar-refractivity contribution >= 4 is 5.97 Å². The summed E-state index contributed by atoms with van der Waals surface area (Å²) in [5.74, 6) is -0.938. The van der Waals surface area contributed by atoms with E-state index in [-0.39, 0.29) is 5.69 Å². The summed E-state index contributed by atoms with van der Waals surface area (Å²) in [4.78, 5) is 14.7. The Labute approximate surface area is 80.4 Å². The molecule has 1 N–H and O–H groups in total. The highest BCUT2D eigenvalue weighted by molar-refractivity contribution is 5.86. The fraction of sp³-hybridized carbons (Fsp3) is 0. The molecule has 0 saturated heterocycles. The lowest BCUT2D eigenvalue weighted by atomic mass is 10.3. The molecule has 0 amide bonds. The van der Waals surface area contributed by atoms with Gasteiger partial charge in [-0.2, -0.15) is 0 Å². The van der Waals surface area contributed by atoms with Gasteiger partial charge in [-0.25, -0.2) is 4.79 Å². The van der Waals surface area contributed by atoms with Gasteiger partial charge in [0.1, 0.15) is 5.69 Å². The first-order chi connectivity index (χ1) is 6.79. The molecule has 0 bridgehead atoms. The minimum Gasteiger partial charge on any atom is -0.477 e. The van der Waals surface area contributed by atoms with E-state index in [1.54, 1.807) is 47.4 Å². The summed E-state index contributed by atoms with van der Waals surface area (Å²) >= 11 is 0. The number of carboxylic acids is 1. The summed E-state index contributed by atoms with van der Waals surface area (Å²) in [7, 11) is 0. The van der Waals surface area contributed by atoms with Gasteiger partial charge in [-0.05, 0) is 24.3 Å². The van der Waals surface area contributed by atoms with Gasteiger partial charge in [0.15, 0.2) is 0 Å². The molecule has 2 rings (SSSR count). The summed E-state index contributed by atoms with van der Waals surface area (Å²) in [5, 5.41) is 8.88. The molecule has 0 unspecified atom stereocenters. The number of carboxylic acid groups (broad SMARTS) is 1. The number of hydrogen-bond donors (Lipinski definition) is 1. The van der Waals surface area contributed by atoms with Crippen molar-refractivity contribution in [1.82, 2.24) is 9.55 Å². The van der Waals surface area contributed by atoms with Crippen molar-refractivity contribution in [3.63, 3.8) is 0 Å². The SMILES string of the molecule is O=C(O)c1cccn1-c1ccncc1. The molecular formula is C10H8N2O2. The van der Waals surface area contributed by atoms with Crippen LogP contribution in [0.5, 0.6) is 0 Å². The predicted octanol–water partition coefficient (Wildman–Crippen LogP) is 1.57. The van der Waals surface area contributed by atoms with E-state index in [9.17, 15) is 4.79 Å². The molecule has 0 atom stereocenters. The lowest BCUT2D eigenvalue weighted by molar-refractivity contribution is 0.0688. The normalized spacial score (nSPS) is 10.0. The summed E-state index contributed by atoms with van der Waals surface area (Å²) in [6.07, 6.45) is 4.96. The fourth-order valence-corrected chi connectivity index (χ4v) is 1.28. The summed E-state index contributed by atoms with van der Waals surface area (Å²) in [5.41, 5.74) is 1.04. The van der Waals surface area contributed by atoms with Crippen LogP contribution >= 0.6 is 0 Å². The van der Waals surface area contributed by atoms with E-state index >= 15 is 0 Å². The largest absolute Gasteiger partial charge is 0.477 e. The second kappa shape index (κ2) is 3.33. The Hall–Kier alpha value is -2.10. The summed E-state index contributed by atoms with van der Waals surface area (Å²) in [6, 6.07) is 6.77. The van der Waals surface area contributed by atoms with Gasteiger partial charge >= 0.3 is 5.97 Å². The first kappa shape index (κ1) is 8.50. The smallest absolute Gasteiger partial charge is 0.352 e. The lowest BCUT2D eigenvalue weighted by Crippen LogP contribution is -2.05. The van der Waals surface area contributed by atoms with E-state index in [4.69, 9.17) is 5.11 Å². The van der Waals surface area contributed by atoms with Crippen molar-refractivity contribution in [3.8, 4) is 5.69 Å². The molecule has 2 aromatic rings. The van der Waals surface area contributed by atoms with Gasteiger partial charge in [0.25, 0.3) is 0 Å². The first-order valence-corrected chi connectivity index (χ1v) is 4.10. The second-order valence-corrected chi connectivity index (χ2v) is 2.77. The van der Waals surface area contributed by atoms with Gasteiger partial charge in [0.05, 0.1) is 0 Å². The van der Waals surface area contributed by atoms with E-state index < -0.39 is 5.97 Å². The van der Waals surface area contributed by atoms with Crippen LogP contribution in [0.2, 0.25) is 0 Å². The Kier molecular flexibility index (Phi) is 2.02. The molecule has 2 aromatic heterocycles. The maximum absolute atomic E-state index is 10.8. The third kappa shape index (κ3) is 1.37. The van der Waals surface area contributed by atoms with Crippen LogP contribution in [0.25, 0.3) is 5.69 Å². The average molecular weight is 188 g/mol. The molecule has 0 fully saturated rings. The second-order valence-electron chi connectivity index (χ2n) is 2.77. The molecule has 0 spiro atoms. The number of nitrogens with zero attached hydrogens (tertiary/aromatic N) is 2. The van der Waals surface area contributed by atoms with Gasteiger partial charge in [-0.1, -0.05) is 0 Å². The highest BCUT2D eigenvalue weighted by Crippen LogP contribution is 2.11. The van der Waals surface area contributed by atoms with E-state index in [2.05, 4.69) is 4.98 Å². The standard InChI is InChI=1S/C10H8N2O2/c13-10(14)9-2-1-7-12(9)8-3-5-11-6-4-8/h1-7H,(H,13,14). The van der Waals surface area contributed by atoms with Crippen molar-refractivity contribution in [1.29, 1.82) is 0 Å². The van der Waals surface area contributed by atoms with Crippen LogP contribution in [0, 0.1) is 0 Å². The number of hydrogen-bond acceptors (Lipinski definition) is 2. The molecule has 70 valence electrons. The Morgan fingerprint density at radius 3 is 2.64 bits per heavy atom. The molecule has 0 radical (unpaired) electrons. The summed E-state index contributed by atoms with van der Waals surface area (Å²) in [6.45, 7) is 0. The number of carbonyl (C=O) groups is 1. The molecule has 4 heteroatoms. The van der Waals surface area contributed by atoms with Crippen molar-refractivity contribution in [2.75, 3.05) is 0 Å². The Morgan fingerprint density at radius 1 is 1.29 bits per heavy atom. The van der Waals surface area contributed by atoms with Crippen LogP contribution in [-0.2, 0) is 0 Å². The summed E-state index contributed by atoms with van der Waals surface area (Å²) < 4.78 is 1.60.